The Morgan fingerprint density at radius 2 is 1.42 bits per heavy atom. The number of hydrogen-bond acceptors (Lipinski definition) is 4. The Morgan fingerprint density at radius 3 is 2.03 bits per heavy atom. The van der Waals surface area contributed by atoms with Gasteiger partial charge in [-0.2, -0.15) is 0 Å². The third kappa shape index (κ3) is 9.72. The van der Waals surface area contributed by atoms with Crippen LogP contribution in [0.4, 0.5) is 0 Å². The minimum atomic E-state index is -1.82. The number of aliphatic carboxylic acids is 2. The van der Waals surface area contributed by atoms with Gasteiger partial charge in [-0.3, -0.25) is 4.79 Å². The highest BCUT2D eigenvalue weighted by atomic mass is 16.4. The van der Waals surface area contributed by atoms with E-state index in [1.54, 1.807) is 0 Å². The smallest absolute Gasteiger partial charge is 0.414 e. The van der Waals surface area contributed by atoms with Crippen LogP contribution in [0.1, 0.15) is 108 Å². The summed E-state index contributed by atoms with van der Waals surface area (Å²) in [4.78, 5) is 34.1. The van der Waals surface area contributed by atoms with Crippen LogP contribution in [0.5, 0.6) is 0 Å². The Bertz CT molecular complexity index is 840. The van der Waals surface area contributed by atoms with E-state index >= 15 is 0 Å². The summed E-state index contributed by atoms with van der Waals surface area (Å²) < 4.78 is 0. The van der Waals surface area contributed by atoms with Crippen LogP contribution in [0.25, 0.3) is 0 Å². The fourth-order valence-electron chi connectivity index (χ4n) is 6.78. The van der Waals surface area contributed by atoms with Crippen molar-refractivity contribution in [2.24, 2.45) is 11.3 Å². The van der Waals surface area contributed by atoms with E-state index in [1.165, 1.54) is 115 Å². The largest absolute Gasteiger partial charge is 0.473 e. The van der Waals surface area contributed by atoms with E-state index < -0.39 is 11.9 Å². The molecule has 1 atom stereocenters. The summed E-state index contributed by atoms with van der Waals surface area (Å²) in [6, 6.07) is 10.5. The number of carboxylic acids is 2. The molecule has 1 saturated heterocycles. The molecular weight excluding hydrogens is 480 g/mol. The molecule has 1 heterocycles. The lowest BCUT2D eigenvalue weighted by Gasteiger charge is -2.44. The maximum absolute atomic E-state index is 13.2. The highest BCUT2D eigenvalue weighted by molar-refractivity contribution is 6.27. The molecule has 1 aliphatic heterocycles. The molecule has 212 valence electrons. The molecule has 7 heteroatoms. The number of carboxylic acid groups (broad SMARTS) is 2. The molecule has 1 spiro atoms. The Balaban J connectivity index is 0.000000599. The van der Waals surface area contributed by atoms with Gasteiger partial charge in [-0.25, -0.2) is 9.59 Å². The molecule has 1 unspecified atom stereocenters. The third-order valence-electron chi connectivity index (χ3n) is 9.03. The van der Waals surface area contributed by atoms with Crippen molar-refractivity contribution in [3.63, 3.8) is 0 Å². The first-order valence-corrected chi connectivity index (χ1v) is 14.9. The Labute approximate surface area is 228 Å². The number of nitrogens with zero attached hydrogens (tertiary/aromatic N) is 1. The number of piperidine rings is 1. The Kier molecular flexibility index (Phi) is 12.6. The van der Waals surface area contributed by atoms with Gasteiger partial charge in [0.2, 0.25) is 5.91 Å². The molecule has 7 nitrogen and oxygen atoms in total. The summed E-state index contributed by atoms with van der Waals surface area (Å²) in [5.41, 5.74) is 1.92. The molecule has 0 bridgehead atoms. The van der Waals surface area contributed by atoms with E-state index in [-0.39, 0.29) is 11.8 Å². The molecule has 3 aliphatic rings. The van der Waals surface area contributed by atoms with Gasteiger partial charge >= 0.3 is 11.9 Å². The van der Waals surface area contributed by atoms with Crippen molar-refractivity contribution in [1.29, 1.82) is 0 Å². The fourth-order valence-corrected chi connectivity index (χ4v) is 6.78. The van der Waals surface area contributed by atoms with Gasteiger partial charge in [0.25, 0.3) is 0 Å². The summed E-state index contributed by atoms with van der Waals surface area (Å²) in [6.07, 6.45) is 20.1. The van der Waals surface area contributed by atoms with Crippen LogP contribution in [0.3, 0.4) is 0 Å². The zero-order valence-corrected chi connectivity index (χ0v) is 23.0. The molecule has 1 amide bonds. The quantitative estimate of drug-likeness (QED) is 0.275. The van der Waals surface area contributed by atoms with Crippen molar-refractivity contribution in [2.45, 2.75) is 102 Å². The molecule has 4 rings (SSSR count). The zero-order chi connectivity index (χ0) is 27.2. The van der Waals surface area contributed by atoms with Crippen LogP contribution >= 0.6 is 0 Å². The number of amides is 1. The van der Waals surface area contributed by atoms with E-state index in [4.69, 9.17) is 19.8 Å². The number of carbonyl (C=O) groups is 3. The molecule has 2 aliphatic carbocycles. The topological polar surface area (TPSA) is 107 Å². The lowest BCUT2D eigenvalue weighted by Crippen LogP contribution is -2.41. The van der Waals surface area contributed by atoms with Crippen LogP contribution in [0.15, 0.2) is 30.3 Å². The predicted molar refractivity (Wildman–Crippen MR) is 149 cm³/mol. The molecule has 0 radical (unpaired) electrons. The average molecular weight is 529 g/mol. The van der Waals surface area contributed by atoms with Crippen LogP contribution in [-0.4, -0.2) is 59.1 Å². The number of carbonyl (C=O) groups excluding carboxylic acids is 1. The van der Waals surface area contributed by atoms with Crippen molar-refractivity contribution in [2.75, 3.05) is 26.2 Å². The van der Waals surface area contributed by atoms with Gasteiger partial charge in [0.1, 0.15) is 0 Å². The van der Waals surface area contributed by atoms with Gasteiger partial charge in [0.15, 0.2) is 0 Å². The Morgan fingerprint density at radius 1 is 0.816 bits per heavy atom. The summed E-state index contributed by atoms with van der Waals surface area (Å²) in [6.45, 7) is 4.71. The predicted octanol–water partition coefficient (Wildman–Crippen LogP) is 5.84. The van der Waals surface area contributed by atoms with Gasteiger partial charge in [-0.1, -0.05) is 75.3 Å². The molecule has 0 aromatic heterocycles. The van der Waals surface area contributed by atoms with Crippen molar-refractivity contribution < 1.29 is 24.6 Å². The standard InChI is InChI=1S/C29H46N2O.C2H2O4/c32-28(27(25-13-5-1-6-14-25)26-15-7-2-8-16-26)30-21-11-4-12-22-31-23-19-29(20-24-31)17-9-3-10-18-29;3-1(4)2(5)6/h1,5-6,13-14,26-27H,2-4,7-12,15-24H2,(H,30,32);(H,3,4)(H,5,6). The van der Waals surface area contributed by atoms with Crippen molar-refractivity contribution in [3.8, 4) is 0 Å². The number of likely N-dealkylation sites (tertiary alicyclic amines) is 1. The molecule has 1 aromatic rings. The number of hydrogen-bond donors (Lipinski definition) is 3. The maximum Gasteiger partial charge on any atom is 0.414 e. The summed E-state index contributed by atoms with van der Waals surface area (Å²) >= 11 is 0. The zero-order valence-electron chi connectivity index (χ0n) is 23.0. The van der Waals surface area contributed by atoms with E-state index in [2.05, 4.69) is 40.5 Å². The van der Waals surface area contributed by atoms with Crippen LogP contribution < -0.4 is 5.32 Å². The molecule has 3 N–H and O–H groups in total. The van der Waals surface area contributed by atoms with Gasteiger partial charge in [0, 0.05) is 6.54 Å². The van der Waals surface area contributed by atoms with Gasteiger partial charge < -0.3 is 20.4 Å². The second-order valence-electron chi connectivity index (χ2n) is 11.7. The second kappa shape index (κ2) is 15.9. The first kappa shape index (κ1) is 30.1. The normalized spacial score (nSPS) is 20.6. The molecule has 38 heavy (non-hydrogen) atoms. The second-order valence-corrected chi connectivity index (χ2v) is 11.7. The van der Waals surface area contributed by atoms with E-state index in [0.717, 1.165) is 13.0 Å². The third-order valence-corrected chi connectivity index (χ3v) is 9.03. The van der Waals surface area contributed by atoms with Crippen LogP contribution in [0.2, 0.25) is 0 Å². The van der Waals surface area contributed by atoms with Crippen molar-refractivity contribution in [1.82, 2.24) is 10.2 Å². The van der Waals surface area contributed by atoms with Crippen LogP contribution in [-0.2, 0) is 14.4 Å². The van der Waals surface area contributed by atoms with E-state index in [0.29, 0.717) is 11.3 Å². The summed E-state index contributed by atoms with van der Waals surface area (Å²) in [7, 11) is 0. The summed E-state index contributed by atoms with van der Waals surface area (Å²) in [5, 5.41) is 18.1. The van der Waals surface area contributed by atoms with Gasteiger partial charge in [-0.15, -0.1) is 0 Å². The highest BCUT2D eigenvalue weighted by Gasteiger charge is 2.35. The lowest BCUT2D eigenvalue weighted by atomic mass is 9.68. The minimum Gasteiger partial charge on any atom is -0.473 e. The monoisotopic (exact) mass is 528 g/mol. The SMILES string of the molecule is O=C(NCCCCCN1CCC2(CCCCC2)CC1)C(c1ccccc1)C1CCCCC1.O=C(O)C(=O)O. The highest BCUT2D eigenvalue weighted by Crippen LogP contribution is 2.44. The number of unbranched alkanes of at least 4 members (excludes halogenated alkanes) is 2. The van der Waals surface area contributed by atoms with E-state index in [9.17, 15) is 4.79 Å². The van der Waals surface area contributed by atoms with Crippen LogP contribution in [0, 0.1) is 11.3 Å². The minimum absolute atomic E-state index is 0.0389. The van der Waals surface area contributed by atoms with Gasteiger partial charge in [-0.05, 0) is 87.9 Å². The number of nitrogens with one attached hydrogen (secondary N) is 1. The molecule has 1 aromatic carbocycles. The number of rotatable bonds is 9. The van der Waals surface area contributed by atoms with E-state index in [1.807, 2.05) is 0 Å². The average Bonchev–Trinajstić information content (AvgIpc) is 2.94. The molecule has 2 saturated carbocycles. The van der Waals surface area contributed by atoms with Crippen molar-refractivity contribution >= 4 is 17.8 Å². The summed E-state index contributed by atoms with van der Waals surface area (Å²) in [5.74, 6) is -2.84. The first-order valence-electron chi connectivity index (χ1n) is 14.9. The van der Waals surface area contributed by atoms with Crippen molar-refractivity contribution in [3.05, 3.63) is 35.9 Å². The number of benzene rings is 1. The molecular formula is C31H48N2O5. The van der Waals surface area contributed by atoms with Gasteiger partial charge in [0.05, 0.1) is 5.92 Å². The lowest BCUT2D eigenvalue weighted by molar-refractivity contribution is -0.159. The molecule has 3 fully saturated rings. The fraction of sp³-hybridized carbons (Fsp3) is 0.710. The maximum atomic E-state index is 13.2. The first-order chi connectivity index (χ1) is 18.4. The Hall–Kier alpha value is -2.41.